The van der Waals surface area contributed by atoms with Crippen LogP contribution in [0.2, 0.25) is 3.72 Å². The van der Waals surface area contributed by atoms with Gasteiger partial charge in [0.2, 0.25) is 0 Å². The van der Waals surface area contributed by atoms with Crippen molar-refractivity contribution in [3.63, 3.8) is 0 Å². The zero-order chi connectivity index (χ0) is 15.4. The summed E-state index contributed by atoms with van der Waals surface area (Å²) in [6, 6.07) is 0. The van der Waals surface area contributed by atoms with Crippen molar-refractivity contribution in [2.75, 3.05) is 40.8 Å². The van der Waals surface area contributed by atoms with Gasteiger partial charge < -0.3 is 0 Å². The second-order valence-electron chi connectivity index (χ2n) is 5.79. The van der Waals surface area contributed by atoms with Gasteiger partial charge in [-0.25, -0.2) is 0 Å². The SMILES string of the molecule is CC[N](C)[Ti]([N](C)CC)([N](C)CC)[C]1(CC)C=CC=C1. The topological polar surface area (TPSA) is 9.72 Å². The van der Waals surface area contributed by atoms with Gasteiger partial charge in [0.1, 0.15) is 0 Å². The van der Waals surface area contributed by atoms with E-state index in [4.69, 9.17) is 0 Å². The predicted octanol–water partition coefficient (Wildman–Crippen LogP) is 3.44. The molecule has 116 valence electrons. The van der Waals surface area contributed by atoms with Crippen molar-refractivity contribution in [1.82, 2.24) is 10.1 Å². The summed E-state index contributed by atoms with van der Waals surface area (Å²) in [5, 5.41) is 0. The van der Waals surface area contributed by atoms with E-state index in [1.807, 2.05) is 0 Å². The Bertz CT molecular complexity index is 326. The van der Waals surface area contributed by atoms with Crippen molar-refractivity contribution in [2.24, 2.45) is 0 Å². The van der Waals surface area contributed by atoms with E-state index < -0.39 is 17.4 Å². The van der Waals surface area contributed by atoms with E-state index in [9.17, 15) is 0 Å². The molecular weight excluding hydrogens is 282 g/mol. The third-order valence-electron chi connectivity index (χ3n) is 5.13. The van der Waals surface area contributed by atoms with E-state index in [1.54, 1.807) is 0 Å². The van der Waals surface area contributed by atoms with Crippen LogP contribution < -0.4 is 0 Å². The Balaban J connectivity index is 3.51. The summed E-state index contributed by atoms with van der Waals surface area (Å²) >= 11 is -2.65. The van der Waals surface area contributed by atoms with Gasteiger partial charge in [-0.2, -0.15) is 0 Å². The van der Waals surface area contributed by atoms with E-state index >= 15 is 0 Å². The fourth-order valence-corrected chi connectivity index (χ4v) is 13.7. The minimum atomic E-state index is -2.65. The zero-order valence-corrected chi connectivity index (χ0v) is 16.0. The molecule has 0 heterocycles. The number of rotatable bonds is 8. The van der Waals surface area contributed by atoms with Crippen LogP contribution in [0.25, 0.3) is 0 Å². The molecule has 1 rings (SSSR count). The van der Waals surface area contributed by atoms with Crippen LogP contribution in [0.15, 0.2) is 24.3 Å². The normalized spacial score (nSPS) is 17.9. The Kier molecular flexibility index (Phi) is 6.68. The van der Waals surface area contributed by atoms with Crippen LogP contribution in [-0.4, -0.2) is 50.9 Å². The molecule has 4 heteroatoms. The maximum absolute atomic E-state index is 2.68. The summed E-state index contributed by atoms with van der Waals surface area (Å²) in [4.78, 5) is 0. The van der Waals surface area contributed by atoms with Gasteiger partial charge >= 0.3 is 130 Å². The quantitative estimate of drug-likeness (QED) is 0.635. The fraction of sp³-hybridized carbons (Fsp3) is 0.750. The van der Waals surface area contributed by atoms with Gasteiger partial charge in [-0.1, -0.05) is 0 Å². The van der Waals surface area contributed by atoms with Crippen LogP contribution in [-0.2, 0) is 17.4 Å². The van der Waals surface area contributed by atoms with E-state index in [0.717, 1.165) is 19.6 Å². The Hall–Kier alpha value is 0.0743. The van der Waals surface area contributed by atoms with Crippen LogP contribution in [0.5, 0.6) is 0 Å². The van der Waals surface area contributed by atoms with E-state index in [1.165, 1.54) is 6.42 Å². The fourth-order valence-electron chi connectivity index (χ4n) is 3.81. The van der Waals surface area contributed by atoms with Gasteiger partial charge in [-0.05, 0) is 0 Å². The molecule has 0 aromatic heterocycles. The van der Waals surface area contributed by atoms with Gasteiger partial charge in [0.05, 0.1) is 0 Å². The van der Waals surface area contributed by atoms with Gasteiger partial charge in [0, 0.05) is 0 Å². The molecule has 0 saturated carbocycles. The first-order chi connectivity index (χ1) is 9.46. The first kappa shape index (κ1) is 18.1. The van der Waals surface area contributed by atoms with Crippen molar-refractivity contribution >= 4 is 0 Å². The standard InChI is InChI=1S/C7H9.3C3H8N.Ti/c1-2-7-5-3-4-6-7;3*1-3-4-2;/h3-6H,2H2,1H3;3*3H2,1-2H3;/q;3*-1;+3. The van der Waals surface area contributed by atoms with E-state index in [-0.39, 0.29) is 3.72 Å². The zero-order valence-electron chi connectivity index (χ0n) is 14.5. The Morgan fingerprint density at radius 2 is 1.10 bits per heavy atom. The van der Waals surface area contributed by atoms with Crippen molar-refractivity contribution in [3.8, 4) is 0 Å². The number of nitrogens with zero attached hydrogens (tertiary/aromatic N) is 3. The molecule has 0 bridgehead atoms. The molecule has 20 heavy (non-hydrogen) atoms. The van der Waals surface area contributed by atoms with Crippen LogP contribution in [0, 0.1) is 0 Å². The van der Waals surface area contributed by atoms with Gasteiger partial charge in [0.25, 0.3) is 0 Å². The molecule has 0 unspecified atom stereocenters. The summed E-state index contributed by atoms with van der Waals surface area (Å²) in [5.41, 5.74) is 0. The summed E-state index contributed by atoms with van der Waals surface area (Å²) < 4.78 is 8.25. The monoisotopic (exact) mass is 315 g/mol. The molecule has 0 N–H and O–H groups in total. The third kappa shape index (κ3) is 2.59. The predicted molar refractivity (Wildman–Crippen MR) is 86.2 cm³/mol. The van der Waals surface area contributed by atoms with Crippen molar-refractivity contribution in [2.45, 2.75) is 37.8 Å². The summed E-state index contributed by atoms with van der Waals surface area (Å²) in [6.45, 7) is 12.5. The second-order valence-corrected chi connectivity index (χ2v) is 12.8. The molecule has 0 fully saturated rings. The van der Waals surface area contributed by atoms with Crippen LogP contribution in [0.1, 0.15) is 34.1 Å². The van der Waals surface area contributed by atoms with E-state index in [0.29, 0.717) is 0 Å². The van der Waals surface area contributed by atoms with E-state index in [2.05, 4.69) is 83.3 Å². The summed E-state index contributed by atoms with van der Waals surface area (Å²) in [5.74, 6) is 0. The molecule has 0 radical (unpaired) electrons. The third-order valence-corrected chi connectivity index (χ3v) is 14.6. The van der Waals surface area contributed by atoms with Gasteiger partial charge in [0.15, 0.2) is 0 Å². The Labute approximate surface area is 130 Å². The van der Waals surface area contributed by atoms with Crippen LogP contribution in [0.4, 0.5) is 0 Å². The molecule has 0 amide bonds. The molecular formula is C16H33N3Ti. The molecule has 0 aromatic rings. The molecule has 1 aliphatic carbocycles. The maximum atomic E-state index is 2.68. The van der Waals surface area contributed by atoms with Crippen molar-refractivity contribution < 1.29 is 17.4 Å². The van der Waals surface area contributed by atoms with Gasteiger partial charge in [-0.3, -0.25) is 0 Å². The first-order valence-electron chi connectivity index (χ1n) is 7.97. The number of hydrogen-bond donors (Lipinski definition) is 0. The van der Waals surface area contributed by atoms with Gasteiger partial charge in [-0.15, -0.1) is 0 Å². The molecule has 0 aromatic carbocycles. The summed E-state index contributed by atoms with van der Waals surface area (Å²) in [7, 11) is 6.99. The average Bonchev–Trinajstić information content (AvgIpc) is 2.97. The van der Waals surface area contributed by atoms with Crippen molar-refractivity contribution in [3.05, 3.63) is 24.3 Å². The Morgan fingerprint density at radius 3 is 1.35 bits per heavy atom. The first-order valence-corrected chi connectivity index (χ1v) is 10.8. The molecule has 1 aliphatic rings. The van der Waals surface area contributed by atoms with Crippen LogP contribution in [0.3, 0.4) is 0 Å². The molecule has 0 saturated heterocycles. The molecule has 0 spiro atoms. The number of allylic oxidation sites excluding steroid dienone is 4. The Morgan fingerprint density at radius 1 is 0.750 bits per heavy atom. The average molecular weight is 315 g/mol. The molecule has 0 atom stereocenters. The number of hydrogen-bond acceptors (Lipinski definition) is 3. The minimum absolute atomic E-state index is 0.222. The van der Waals surface area contributed by atoms with Crippen molar-refractivity contribution in [1.29, 1.82) is 0 Å². The van der Waals surface area contributed by atoms with Crippen LogP contribution >= 0.6 is 0 Å². The molecule has 0 aliphatic heterocycles. The summed E-state index contributed by atoms with van der Waals surface area (Å²) in [6.07, 6.45) is 10.6. The second kappa shape index (κ2) is 7.37. The molecule has 3 nitrogen and oxygen atoms in total.